The van der Waals surface area contributed by atoms with E-state index in [0.717, 1.165) is 41.5 Å². The number of hydrogen-bond donors (Lipinski definition) is 1. The highest BCUT2D eigenvalue weighted by molar-refractivity contribution is 7.22. The van der Waals surface area contributed by atoms with Crippen molar-refractivity contribution < 1.29 is 19.2 Å². The molecule has 1 aliphatic rings. The first kappa shape index (κ1) is 18.7. The molecule has 3 aromatic rings. The molecule has 0 atom stereocenters. The number of piperazine rings is 1. The third-order valence-electron chi connectivity index (χ3n) is 4.92. The van der Waals surface area contributed by atoms with Crippen LogP contribution in [0.2, 0.25) is 0 Å². The third-order valence-corrected chi connectivity index (χ3v) is 6.00. The summed E-state index contributed by atoms with van der Waals surface area (Å²) in [6.45, 7) is 7.64. The molecule has 0 saturated carbocycles. The fourth-order valence-electron chi connectivity index (χ4n) is 3.28. The molecule has 0 amide bonds. The number of nitrogens with one attached hydrogen (secondary N) is 1. The van der Waals surface area contributed by atoms with Crippen molar-refractivity contribution in [3.8, 4) is 11.5 Å². The predicted molar refractivity (Wildman–Crippen MR) is 111 cm³/mol. The fourth-order valence-corrected chi connectivity index (χ4v) is 4.32. The van der Waals surface area contributed by atoms with Crippen LogP contribution in [0.25, 0.3) is 10.2 Å². The molecule has 1 fully saturated rings. The number of ether oxygens (including phenoxy) is 2. The summed E-state index contributed by atoms with van der Waals surface area (Å²) in [5.74, 6) is 0.739. The number of carbonyl (C=O) groups is 1. The van der Waals surface area contributed by atoms with Crippen LogP contribution in [0.3, 0.4) is 0 Å². The van der Waals surface area contributed by atoms with Crippen molar-refractivity contribution >= 4 is 32.7 Å². The van der Waals surface area contributed by atoms with E-state index in [9.17, 15) is 4.79 Å². The number of para-hydroxylation sites is 1. The van der Waals surface area contributed by atoms with Crippen molar-refractivity contribution in [1.29, 1.82) is 0 Å². The van der Waals surface area contributed by atoms with Crippen LogP contribution in [0.1, 0.15) is 6.92 Å². The molecule has 2 heterocycles. The Hall–Kier alpha value is -2.64. The number of esters is 1. The molecule has 4 rings (SSSR count). The first-order valence-corrected chi connectivity index (χ1v) is 10.4. The van der Waals surface area contributed by atoms with E-state index in [1.165, 1.54) is 6.54 Å². The Morgan fingerprint density at radius 2 is 1.93 bits per heavy atom. The van der Waals surface area contributed by atoms with Crippen LogP contribution in [0.5, 0.6) is 11.5 Å². The van der Waals surface area contributed by atoms with E-state index in [1.54, 1.807) is 34.4 Å². The standard InChI is InChI=1S/C21H23N3O3S/c1-2-23-10-12-24(13-11-23)21-22-18-9-8-17(14-19(18)28-21)27-20(25)15-26-16-6-4-3-5-7-16/h3-9,14H,2,10-13,15H2,1H3/p+1. The van der Waals surface area contributed by atoms with Crippen molar-refractivity contribution in [1.82, 2.24) is 4.98 Å². The maximum absolute atomic E-state index is 12.1. The van der Waals surface area contributed by atoms with E-state index in [0.29, 0.717) is 11.5 Å². The van der Waals surface area contributed by atoms with E-state index in [2.05, 4.69) is 11.8 Å². The van der Waals surface area contributed by atoms with E-state index >= 15 is 0 Å². The van der Waals surface area contributed by atoms with Gasteiger partial charge in [-0.1, -0.05) is 29.5 Å². The van der Waals surface area contributed by atoms with Gasteiger partial charge in [-0.15, -0.1) is 0 Å². The largest absolute Gasteiger partial charge is 0.482 e. The molecule has 2 aromatic carbocycles. The van der Waals surface area contributed by atoms with Crippen LogP contribution in [-0.4, -0.2) is 50.3 Å². The Kier molecular flexibility index (Phi) is 5.73. The molecular formula is C21H24N3O3S+. The van der Waals surface area contributed by atoms with Gasteiger partial charge in [0.05, 0.1) is 42.9 Å². The highest BCUT2D eigenvalue weighted by atomic mass is 32.1. The molecule has 146 valence electrons. The van der Waals surface area contributed by atoms with Gasteiger partial charge in [-0.25, -0.2) is 9.78 Å². The molecule has 1 aliphatic heterocycles. The number of hydrogen-bond acceptors (Lipinski definition) is 6. The number of anilines is 1. The molecule has 1 aromatic heterocycles. The quantitative estimate of drug-likeness (QED) is 0.509. The summed E-state index contributed by atoms with van der Waals surface area (Å²) in [5.41, 5.74) is 0.936. The lowest BCUT2D eigenvalue weighted by Gasteiger charge is -2.31. The van der Waals surface area contributed by atoms with Gasteiger partial charge < -0.3 is 19.3 Å². The molecular weight excluding hydrogens is 374 g/mol. The molecule has 6 nitrogen and oxygen atoms in total. The maximum Gasteiger partial charge on any atom is 0.349 e. The smallest absolute Gasteiger partial charge is 0.349 e. The maximum atomic E-state index is 12.1. The molecule has 0 aliphatic carbocycles. The Morgan fingerprint density at radius 1 is 1.14 bits per heavy atom. The summed E-state index contributed by atoms with van der Waals surface area (Å²) in [6, 6.07) is 14.8. The highest BCUT2D eigenvalue weighted by Crippen LogP contribution is 2.31. The van der Waals surface area contributed by atoms with Crippen molar-refractivity contribution in [3.63, 3.8) is 0 Å². The van der Waals surface area contributed by atoms with Crippen LogP contribution in [0, 0.1) is 0 Å². The summed E-state index contributed by atoms with van der Waals surface area (Å²) in [6.07, 6.45) is 0. The number of benzene rings is 2. The average Bonchev–Trinajstić information content (AvgIpc) is 3.16. The van der Waals surface area contributed by atoms with Gasteiger partial charge in [-0.05, 0) is 31.2 Å². The number of aromatic nitrogens is 1. The summed E-state index contributed by atoms with van der Waals surface area (Å²) in [4.78, 5) is 20.8. The molecule has 1 N–H and O–H groups in total. The van der Waals surface area contributed by atoms with Crippen LogP contribution in [-0.2, 0) is 4.79 Å². The second kappa shape index (κ2) is 8.58. The van der Waals surface area contributed by atoms with Crippen molar-refractivity contribution in [2.24, 2.45) is 0 Å². The second-order valence-electron chi connectivity index (χ2n) is 6.79. The average molecular weight is 399 g/mol. The lowest BCUT2D eigenvalue weighted by atomic mass is 10.3. The van der Waals surface area contributed by atoms with E-state index < -0.39 is 5.97 Å². The van der Waals surface area contributed by atoms with Gasteiger partial charge in [0.25, 0.3) is 0 Å². The van der Waals surface area contributed by atoms with Gasteiger partial charge in [0.15, 0.2) is 11.7 Å². The molecule has 1 saturated heterocycles. The van der Waals surface area contributed by atoms with Crippen LogP contribution in [0.4, 0.5) is 5.13 Å². The van der Waals surface area contributed by atoms with Gasteiger partial charge in [0.2, 0.25) is 0 Å². The number of nitrogens with zero attached hydrogens (tertiary/aromatic N) is 2. The molecule has 0 spiro atoms. The minimum absolute atomic E-state index is 0.125. The van der Waals surface area contributed by atoms with E-state index in [1.807, 2.05) is 30.3 Å². The first-order chi connectivity index (χ1) is 13.7. The fraction of sp³-hybridized carbons (Fsp3) is 0.333. The van der Waals surface area contributed by atoms with Crippen LogP contribution < -0.4 is 19.3 Å². The summed E-state index contributed by atoms with van der Waals surface area (Å²) >= 11 is 1.65. The summed E-state index contributed by atoms with van der Waals surface area (Å²) in [7, 11) is 0. The molecule has 0 radical (unpaired) electrons. The van der Waals surface area contributed by atoms with Gasteiger partial charge in [-0.3, -0.25) is 0 Å². The van der Waals surface area contributed by atoms with Crippen molar-refractivity contribution in [2.75, 3.05) is 44.2 Å². The normalized spacial score (nSPS) is 15.0. The zero-order valence-corrected chi connectivity index (χ0v) is 16.7. The van der Waals surface area contributed by atoms with Gasteiger partial charge in [0.1, 0.15) is 11.5 Å². The molecule has 7 heteroatoms. The predicted octanol–water partition coefficient (Wildman–Crippen LogP) is 2.01. The monoisotopic (exact) mass is 398 g/mol. The number of likely N-dealkylation sites (N-methyl/N-ethyl adjacent to an activating group) is 1. The SMILES string of the molecule is CC[NH+]1CCN(c2nc3ccc(OC(=O)COc4ccccc4)cc3s2)CC1. The minimum Gasteiger partial charge on any atom is -0.482 e. The zero-order valence-electron chi connectivity index (χ0n) is 15.9. The summed E-state index contributed by atoms with van der Waals surface area (Å²) < 4.78 is 11.9. The highest BCUT2D eigenvalue weighted by Gasteiger charge is 2.21. The number of thiazole rings is 1. The third kappa shape index (κ3) is 4.43. The zero-order chi connectivity index (χ0) is 19.3. The number of fused-ring (bicyclic) bond motifs is 1. The van der Waals surface area contributed by atoms with Crippen molar-refractivity contribution in [3.05, 3.63) is 48.5 Å². The van der Waals surface area contributed by atoms with E-state index in [-0.39, 0.29) is 6.61 Å². The van der Waals surface area contributed by atoms with Crippen molar-refractivity contribution in [2.45, 2.75) is 6.92 Å². The Balaban J connectivity index is 1.38. The Bertz CT molecular complexity index is 936. The molecule has 0 unspecified atom stereocenters. The number of quaternary nitrogens is 1. The first-order valence-electron chi connectivity index (χ1n) is 9.59. The lowest BCUT2D eigenvalue weighted by Crippen LogP contribution is -3.14. The van der Waals surface area contributed by atoms with Gasteiger partial charge in [0, 0.05) is 6.07 Å². The number of rotatable bonds is 6. The van der Waals surface area contributed by atoms with Crippen LogP contribution in [0.15, 0.2) is 48.5 Å². The van der Waals surface area contributed by atoms with E-state index in [4.69, 9.17) is 14.5 Å². The topological polar surface area (TPSA) is 56.1 Å². The molecule has 28 heavy (non-hydrogen) atoms. The van der Waals surface area contributed by atoms with Gasteiger partial charge in [-0.2, -0.15) is 0 Å². The number of carbonyl (C=O) groups excluding carboxylic acids is 1. The molecule has 0 bridgehead atoms. The Morgan fingerprint density at radius 3 is 2.68 bits per heavy atom. The lowest BCUT2D eigenvalue weighted by molar-refractivity contribution is -0.898. The second-order valence-corrected chi connectivity index (χ2v) is 7.80. The Labute approximate surface area is 168 Å². The minimum atomic E-state index is -0.424. The summed E-state index contributed by atoms with van der Waals surface area (Å²) in [5, 5.41) is 1.04. The van der Waals surface area contributed by atoms with Crippen LogP contribution >= 0.6 is 11.3 Å². The van der Waals surface area contributed by atoms with Gasteiger partial charge >= 0.3 is 5.97 Å².